The summed E-state index contributed by atoms with van der Waals surface area (Å²) in [5, 5.41) is 6.46. The molecule has 2 N–H and O–H groups in total. The molecule has 1 atom stereocenters. The van der Waals surface area contributed by atoms with Crippen LogP contribution in [-0.2, 0) is 6.54 Å². The molecule has 25 heavy (non-hydrogen) atoms. The second kappa shape index (κ2) is 6.76. The highest BCUT2D eigenvalue weighted by atomic mass is 19.1. The van der Waals surface area contributed by atoms with Gasteiger partial charge >= 0.3 is 0 Å². The largest absolute Gasteiger partial charge is 0.338 e. The van der Waals surface area contributed by atoms with Gasteiger partial charge in [-0.1, -0.05) is 13.0 Å². The molecule has 4 rings (SSSR count). The van der Waals surface area contributed by atoms with Crippen LogP contribution in [0.2, 0.25) is 0 Å². The molecule has 2 aliphatic heterocycles. The molecule has 1 aromatic carbocycles. The molecule has 0 amide bonds. The zero-order valence-corrected chi connectivity index (χ0v) is 14.2. The van der Waals surface area contributed by atoms with E-state index in [4.69, 9.17) is 0 Å². The molecule has 130 valence electrons. The van der Waals surface area contributed by atoms with Crippen molar-refractivity contribution < 1.29 is 4.39 Å². The first-order chi connectivity index (χ1) is 12.2. The molecule has 1 unspecified atom stereocenters. The highest BCUT2D eigenvalue weighted by Gasteiger charge is 2.23. The Hall–Kier alpha value is -2.54. The standard InChI is InChI=1S/C18H21FN6/c1-2-15-10-20-5-6-25(15)18-22-11-16(19)17(24-18)23-14-4-3-12-8-21-9-13(12)7-14/h3-4,7,9,11,15,20H,2,5-6,8,10H2,1H3,(H,22,23,24). The van der Waals surface area contributed by atoms with Gasteiger partial charge in [-0.25, -0.2) is 9.37 Å². The summed E-state index contributed by atoms with van der Waals surface area (Å²) in [4.78, 5) is 15.1. The number of nitrogens with zero attached hydrogens (tertiary/aromatic N) is 4. The SMILES string of the molecule is CCC1CNCCN1c1ncc(F)c(Nc2ccc3c(c2)C=NC3)n1. The van der Waals surface area contributed by atoms with E-state index >= 15 is 0 Å². The van der Waals surface area contributed by atoms with E-state index in [1.54, 1.807) is 0 Å². The summed E-state index contributed by atoms with van der Waals surface area (Å²) in [6, 6.07) is 6.22. The van der Waals surface area contributed by atoms with Gasteiger partial charge in [0.05, 0.1) is 12.7 Å². The Kier molecular flexibility index (Phi) is 4.31. The van der Waals surface area contributed by atoms with E-state index in [2.05, 4.69) is 37.4 Å². The third-order valence-electron chi connectivity index (χ3n) is 4.71. The zero-order chi connectivity index (χ0) is 17.2. The first-order valence-electron chi connectivity index (χ1n) is 8.64. The molecule has 1 fully saturated rings. The first-order valence-corrected chi connectivity index (χ1v) is 8.64. The summed E-state index contributed by atoms with van der Waals surface area (Å²) < 4.78 is 14.2. The zero-order valence-electron chi connectivity index (χ0n) is 14.2. The predicted molar refractivity (Wildman–Crippen MR) is 97.3 cm³/mol. The van der Waals surface area contributed by atoms with Crippen molar-refractivity contribution >= 4 is 23.7 Å². The van der Waals surface area contributed by atoms with Crippen LogP contribution < -0.4 is 15.5 Å². The molecule has 1 aromatic heterocycles. The monoisotopic (exact) mass is 340 g/mol. The number of aliphatic imine (C=N–C) groups is 1. The van der Waals surface area contributed by atoms with E-state index in [9.17, 15) is 4.39 Å². The van der Waals surface area contributed by atoms with Crippen molar-refractivity contribution in [3.63, 3.8) is 0 Å². The van der Waals surface area contributed by atoms with Crippen LogP contribution >= 0.6 is 0 Å². The molecular formula is C18H21FN6. The molecule has 0 saturated carbocycles. The molecule has 2 aromatic rings. The van der Waals surface area contributed by atoms with Crippen LogP contribution in [0.5, 0.6) is 0 Å². The lowest BCUT2D eigenvalue weighted by Crippen LogP contribution is -2.51. The maximum atomic E-state index is 14.2. The predicted octanol–water partition coefficient (Wildman–Crippen LogP) is 2.48. The molecule has 3 heterocycles. The number of hydrogen-bond acceptors (Lipinski definition) is 6. The van der Waals surface area contributed by atoms with Gasteiger partial charge in [0.15, 0.2) is 11.6 Å². The van der Waals surface area contributed by atoms with Crippen LogP contribution in [0.1, 0.15) is 24.5 Å². The molecule has 0 bridgehead atoms. The Balaban J connectivity index is 1.60. The number of rotatable bonds is 4. The molecule has 0 radical (unpaired) electrons. The normalized spacial score (nSPS) is 19.1. The second-order valence-corrected chi connectivity index (χ2v) is 6.33. The first kappa shape index (κ1) is 16.0. The van der Waals surface area contributed by atoms with E-state index in [1.807, 2.05) is 24.4 Å². The van der Waals surface area contributed by atoms with Crippen LogP contribution in [0.25, 0.3) is 0 Å². The fourth-order valence-electron chi connectivity index (χ4n) is 3.29. The molecule has 0 spiro atoms. The van der Waals surface area contributed by atoms with Gasteiger partial charge in [0.1, 0.15) is 0 Å². The van der Waals surface area contributed by atoms with Crippen molar-refractivity contribution in [2.75, 3.05) is 29.9 Å². The van der Waals surface area contributed by atoms with Gasteiger partial charge in [-0.2, -0.15) is 4.98 Å². The molecular weight excluding hydrogens is 319 g/mol. The number of piperazine rings is 1. The maximum Gasteiger partial charge on any atom is 0.227 e. The Labute approximate surface area is 146 Å². The minimum Gasteiger partial charge on any atom is -0.338 e. The summed E-state index contributed by atoms with van der Waals surface area (Å²) in [6.45, 7) is 5.44. The number of halogens is 1. The van der Waals surface area contributed by atoms with Crippen LogP contribution in [0.15, 0.2) is 29.4 Å². The van der Waals surface area contributed by atoms with E-state index < -0.39 is 5.82 Å². The summed E-state index contributed by atoms with van der Waals surface area (Å²) in [5.74, 6) is 0.314. The average molecular weight is 340 g/mol. The quantitative estimate of drug-likeness (QED) is 0.895. The molecule has 6 nitrogen and oxygen atoms in total. The minimum atomic E-state index is -0.457. The average Bonchev–Trinajstić information content (AvgIpc) is 3.11. The summed E-state index contributed by atoms with van der Waals surface area (Å²) in [5.41, 5.74) is 3.04. The molecule has 2 aliphatic rings. The molecule has 1 saturated heterocycles. The van der Waals surface area contributed by atoms with Crippen molar-refractivity contribution in [1.29, 1.82) is 0 Å². The second-order valence-electron chi connectivity index (χ2n) is 6.33. The lowest BCUT2D eigenvalue weighted by Gasteiger charge is -2.35. The van der Waals surface area contributed by atoms with E-state index in [0.29, 0.717) is 18.5 Å². The van der Waals surface area contributed by atoms with Gasteiger partial charge in [0, 0.05) is 37.6 Å². The van der Waals surface area contributed by atoms with Gasteiger partial charge in [-0.3, -0.25) is 4.99 Å². The van der Waals surface area contributed by atoms with E-state index in [-0.39, 0.29) is 5.82 Å². The van der Waals surface area contributed by atoms with Crippen LogP contribution in [-0.4, -0.2) is 41.9 Å². The number of benzene rings is 1. The van der Waals surface area contributed by atoms with Crippen molar-refractivity contribution in [2.45, 2.75) is 25.9 Å². The van der Waals surface area contributed by atoms with Crippen LogP contribution in [0.4, 0.5) is 21.8 Å². The molecule has 7 heteroatoms. The van der Waals surface area contributed by atoms with Crippen molar-refractivity contribution in [3.05, 3.63) is 41.3 Å². The van der Waals surface area contributed by atoms with E-state index in [0.717, 1.165) is 37.3 Å². The Morgan fingerprint density at radius 1 is 1.40 bits per heavy atom. The number of hydrogen-bond donors (Lipinski definition) is 2. The van der Waals surface area contributed by atoms with Crippen LogP contribution in [0.3, 0.4) is 0 Å². The highest BCUT2D eigenvalue weighted by Crippen LogP contribution is 2.25. The lowest BCUT2D eigenvalue weighted by molar-refractivity contribution is 0.458. The van der Waals surface area contributed by atoms with Gasteiger partial charge in [-0.05, 0) is 29.7 Å². The summed E-state index contributed by atoms with van der Waals surface area (Å²) >= 11 is 0. The van der Waals surface area contributed by atoms with Gasteiger partial charge in [0.25, 0.3) is 0 Å². The number of anilines is 3. The minimum absolute atomic E-state index is 0.202. The number of nitrogens with one attached hydrogen (secondary N) is 2. The van der Waals surface area contributed by atoms with Gasteiger partial charge < -0.3 is 15.5 Å². The Morgan fingerprint density at radius 2 is 2.32 bits per heavy atom. The van der Waals surface area contributed by atoms with Crippen molar-refractivity contribution in [1.82, 2.24) is 15.3 Å². The topological polar surface area (TPSA) is 65.4 Å². The lowest BCUT2D eigenvalue weighted by atomic mass is 10.1. The fraction of sp³-hybridized carbons (Fsp3) is 0.389. The Bertz CT molecular complexity index is 806. The summed E-state index contributed by atoms with van der Waals surface area (Å²) in [6.07, 6.45) is 4.07. The number of aromatic nitrogens is 2. The van der Waals surface area contributed by atoms with Gasteiger partial charge in [0.2, 0.25) is 5.95 Å². The van der Waals surface area contributed by atoms with Crippen molar-refractivity contribution in [2.24, 2.45) is 4.99 Å². The number of fused-ring (bicyclic) bond motifs is 1. The Morgan fingerprint density at radius 3 is 3.20 bits per heavy atom. The van der Waals surface area contributed by atoms with Gasteiger partial charge in [-0.15, -0.1) is 0 Å². The van der Waals surface area contributed by atoms with Crippen molar-refractivity contribution in [3.8, 4) is 0 Å². The van der Waals surface area contributed by atoms with E-state index in [1.165, 1.54) is 11.8 Å². The molecule has 0 aliphatic carbocycles. The maximum absolute atomic E-state index is 14.2. The smallest absolute Gasteiger partial charge is 0.227 e. The third kappa shape index (κ3) is 3.19. The fourth-order valence-corrected chi connectivity index (χ4v) is 3.29. The summed E-state index contributed by atoms with van der Waals surface area (Å²) in [7, 11) is 0. The van der Waals surface area contributed by atoms with Crippen LogP contribution in [0, 0.1) is 5.82 Å². The third-order valence-corrected chi connectivity index (χ3v) is 4.71. The highest BCUT2D eigenvalue weighted by molar-refractivity contribution is 5.86.